The molecule has 1 aliphatic carbocycles. The van der Waals surface area contributed by atoms with Crippen LogP contribution < -0.4 is 5.19 Å². The summed E-state index contributed by atoms with van der Waals surface area (Å²) >= 11 is 0. The van der Waals surface area contributed by atoms with Crippen LogP contribution in [0.3, 0.4) is 0 Å². The predicted molar refractivity (Wildman–Crippen MR) is 69.1 cm³/mol. The van der Waals surface area contributed by atoms with Crippen LogP contribution in [0.2, 0.25) is 5.54 Å². The van der Waals surface area contributed by atoms with Gasteiger partial charge in [0.2, 0.25) is 0 Å². The summed E-state index contributed by atoms with van der Waals surface area (Å²) in [6, 6.07) is 10.4. The molecule has 2 heteroatoms. The Labute approximate surface area is 99.3 Å². The van der Waals surface area contributed by atoms with Gasteiger partial charge in [0.1, 0.15) is 0 Å². The minimum absolute atomic E-state index is 0.208. The second kappa shape index (κ2) is 4.40. The molecule has 1 aromatic carbocycles. The van der Waals surface area contributed by atoms with E-state index in [0.29, 0.717) is 9.52 Å². The molecule has 2 rings (SSSR count). The number of rotatable bonds is 2. The fourth-order valence-electron chi connectivity index (χ4n) is 2.01. The quantitative estimate of drug-likeness (QED) is 0.768. The fourth-order valence-corrected chi connectivity index (χ4v) is 3.44. The summed E-state index contributed by atoms with van der Waals surface area (Å²) in [5, 5.41) is 11.6. The van der Waals surface area contributed by atoms with Gasteiger partial charge in [-0.25, -0.2) is 0 Å². The zero-order valence-corrected chi connectivity index (χ0v) is 10.6. The molecule has 82 valence electrons. The van der Waals surface area contributed by atoms with Gasteiger partial charge in [0.05, 0.1) is 15.1 Å². The van der Waals surface area contributed by atoms with E-state index in [1.165, 1.54) is 10.8 Å². The molecule has 2 radical (unpaired) electrons. The van der Waals surface area contributed by atoms with E-state index in [-0.39, 0.29) is 5.54 Å². The van der Waals surface area contributed by atoms with Crippen LogP contribution in [0.15, 0.2) is 54.1 Å². The highest BCUT2D eigenvalue weighted by molar-refractivity contribution is 6.56. The van der Waals surface area contributed by atoms with Crippen molar-refractivity contribution < 1.29 is 5.11 Å². The van der Waals surface area contributed by atoms with Crippen molar-refractivity contribution in [3.63, 3.8) is 0 Å². The summed E-state index contributed by atoms with van der Waals surface area (Å²) in [5.41, 5.74) is 0.752. The van der Waals surface area contributed by atoms with Crippen molar-refractivity contribution in [2.75, 3.05) is 0 Å². The summed E-state index contributed by atoms with van der Waals surface area (Å²) < 4.78 is 0. The van der Waals surface area contributed by atoms with Gasteiger partial charge in [-0.15, -0.1) is 0 Å². The lowest BCUT2D eigenvalue weighted by atomic mass is 9.92. The van der Waals surface area contributed by atoms with E-state index in [0.717, 1.165) is 0 Å². The highest BCUT2D eigenvalue weighted by Gasteiger charge is 2.32. The van der Waals surface area contributed by atoms with Gasteiger partial charge in [0, 0.05) is 5.54 Å². The van der Waals surface area contributed by atoms with E-state index in [9.17, 15) is 5.11 Å². The molecular formula is C14H16OSi. The van der Waals surface area contributed by atoms with Crippen LogP contribution in [0.1, 0.15) is 13.8 Å². The standard InChI is InChI=1S/C14H16OSi/c1-11-7-6-10-14(2,15)13(11)16-12-8-4-3-5-9-12/h3-10,13,15H,1-2H3. The van der Waals surface area contributed by atoms with Gasteiger partial charge in [0.15, 0.2) is 0 Å². The molecule has 2 atom stereocenters. The molecule has 1 aromatic rings. The third-order valence-corrected chi connectivity index (χ3v) is 4.91. The third kappa shape index (κ3) is 2.34. The Balaban J connectivity index is 2.21. The van der Waals surface area contributed by atoms with E-state index in [1.54, 1.807) is 0 Å². The van der Waals surface area contributed by atoms with Crippen molar-refractivity contribution in [3.05, 3.63) is 54.1 Å². The molecule has 16 heavy (non-hydrogen) atoms. The zero-order chi connectivity index (χ0) is 11.6. The van der Waals surface area contributed by atoms with Gasteiger partial charge in [-0.2, -0.15) is 0 Å². The first-order valence-corrected chi connectivity index (χ1v) is 6.57. The zero-order valence-electron chi connectivity index (χ0n) is 9.64. The molecule has 0 aliphatic heterocycles. The maximum atomic E-state index is 10.3. The summed E-state index contributed by atoms with van der Waals surface area (Å²) in [7, 11) is 0.616. The molecular weight excluding hydrogens is 212 g/mol. The number of aliphatic hydroxyl groups is 1. The van der Waals surface area contributed by atoms with Crippen LogP contribution in [0.4, 0.5) is 0 Å². The van der Waals surface area contributed by atoms with Crippen molar-refractivity contribution in [2.45, 2.75) is 25.0 Å². The van der Waals surface area contributed by atoms with E-state index in [2.05, 4.69) is 37.3 Å². The molecule has 1 nitrogen and oxygen atoms in total. The smallest absolute Gasteiger partial charge is 0.0926 e. The SMILES string of the molecule is CC1=CC=CC(C)(O)C1[Si]c1ccccc1. The average molecular weight is 228 g/mol. The highest BCUT2D eigenvalue weighted by atomic mass is 28.2. The first-order chi connectivity index (χ1) is 7.59. The van der Waals surface area contributed by atoms with Crippen molar-refractivity contribution in [3.8, 4) is 0 Å². The van der Waals surface area contributed by atoms with Crippen LogP contribution in [0, 0.1) is 0 Å². The van der Waals surface area contributed by atoms with Crippen molar-refractivity contribution in [1.82, 2.24) is 0 Å². The number of hydrogen-bond acceptors (Lipinski definition) is 1. The lowest BCUT2D eigenvalue weighted by Crippen LogP contribution is -2.37. The van der Waals surface area contributed by atoms with Gasteiger partial charge in [0.25, 0.3) is 0 Å². The maximum Gasteiger partial charge on any atom is 0.0926 e. The second-order valence-electron chi connectivity index (χ2n) is 4.44. The average Bonchev–Trinajstić information content (AvgIpc) is 2.25. The first kappa shape index (κ1) is 11.4. The van der Waals surface area contributed by atoms with E-state index < -0.39 is 5.60 Å². The molecule has 0 aromatic heterocycles. The lowest BCUT2D eigenvalue weighted by Gasteiger charge is -2.33. The van der Waals surface area contributed by atoms with Crippen LogP contribution in [0.5, 0.6) is 0 Å². The fraction of sp³-hybridized carbons (Fsp3) is 0.286. The molecule has 0 saturated heterocycles. The monoisotopic (exact) mass is 228 g/mol. The summed E-state index contributed by atoms with van der Waals surface area (Å²) in [4.78, 5) is 0. The minimum Gasteiger partial charge on any atom is -0.386 e. The molecule has 0 bridgehead atoms. The molecule has 1 N–H and O–H groups in total. The predicted octanol–water partition coefficient (Wildman–Crippen LogP) is 2.07. The van der Waals surface area contributed by atoms with Gasteiger partial charge in [-0.05, 0) is 13.8 Å². The molecule has 0 fully saturated rings. The van der Waals surface area contributed by atoms with Crippen LogP contribution in [-0.4, -0.2) is 20.2 Å². The summed E-state index contributed by atoms with van der Waals surface area (Å²) in [6.45, 7) is 3.99. The molecule has 0 heterocycles. The van der Waals surface area contributed by atoms with E-state index in [1.807, 2.05) is 25.1 Å². The number of hydrogen-bond donors (Lipinski definition) is 1. The van der Waals surface area contributed by atoms with Crippen LogP contribution in [0.25, 0.3) is 0 Å². The normalized spacial score (nSPS) is 28.9. The Hall–Kier alpha value is -1.12. The molecule has 0 spiro atoms. The molecule has 1 aliphatic rings. The Morgan fingerprint density at radius 2 is 1.94 bits per heavy atom. The summed E-state index contributed by atoms with van der Waals surface area (Å²) in [6.07, 6.45) is 5.93. The van der Waals surface area contributed by atoms with Gasteiger partial charge in [-0.3, -0.25) is 0 Å². The number of allylic oxidation sites excluding steroid dienone is 2. The van der Waals surface area contributed by atoms with Crippen LogP contribution in [-0.2, 0) is 0 Å². The second-order valence-corrected chi connectivity index (χ2v) is 5.88. The number of benzene rings is 1. The Bertz CT molecular complexity index is 418. The summed E-state index contributed by atoms with van der Waals surface area (Å²) in [5.74, 6) is 0. The topological polar surface area (TPSA) is 20.2 Å². The van der Waals surface area contributed by atoms with Crippen molar-refractivity contribution in [2.24, 2.45) is 0 Å². The van der Waals surface area contributed by atoms with Crippen molar-refractivity contribution in [1.29, 1.82) is 0 Å². The Morgan fingerprint density at radius 1 is 1.25 bits per heavy atom. The largest absolute Gasteiger partial charge is 0.386 e. The van der Waals surface area contributed by atoms with Gasteiger partial charge >= 0.3 is 0 Å². The molecule has 2 unspecified atom stereocenters. The lowest BCUT2D eigenvalue weighted by molar-refractivity contribution is 0.111. The van der Waals surface area contributed by atoms with E-state index >= 15 is 0 Å². The third-order valence-electron chi connectivity index (χ3n) is 2.92. The van der Waals surface area contributed by atoms with Gasteiger partial charge in [-0.1, -0.05) is 59.3 Å². The maximum absolute atomic E-state index is 10.3. The molecule has 0 amide bonds. The van der Waals surface area contributed by atoms with Crippen molar-refractivity contribution >= 4 is 14.7 Å². The van der Waals surface area contributed by atoms with Crippen LogP contribution >= 0.6 is 0 Å². The minimum atomic E-state index is -0.715. The molecule has 0 saturated carbocycles. The van der Waals surface area contributed by atoms with Gasteiger partial charge < -0.3 is 5.11 Å². The Kier molecular flexibility index (Phi) is 3.12. The van der Waals surface area contributed by atoms with E-state index in [4.69, 9.17) is 0 Å². The Morgan fingerprint density at radius 3 is 2.56 bits per heavy atom. The highest BCUT2D eigenvalue weighted by Crippen LogP contribution is 2.33. The first-order valence-electron chi connectivity index (χ1n) is 5.49.